The van der Waals surface area contributed by atoms with Crippen LogP contribution in [-0.4, -0.2) is 9.85 Å². The number of hydrogen-bond acceptors (Lipinski definition) is 5. The highest BCUT2D eigenvalue weighted by atomic mass is 35.5. The fourth-order valence-electron chi connectivity index (χ4n) is 2.13. The molecule has 10 heteroatoms. The van der Waals surface area contributed by atoms with Gasteiger partial charge < -0.3 is 5.32 Å². The van der Waals surface area contributed by atoms with Crippen LogP contribution in [0.2, 0.25) is 15.1 Å². The van der Waals surface area contributed by atoms with Gasteiger partial charge in [-0.1, -0.05) is 41.7 Å². The lowest BCUT2D eigenvalue weighted by Crippen LogP contribution is -2.03. The lowest BCUT2D eigenvalue weighted by molar-refractivity contribution is -0.393. The van der Waals surface area contributed by atoms with Crippen molar-refractivity contribution < 1.29 is 9.85 Å². The number of nitro benzene ring substituents is 2. The molecule has 0 saturated carbocycles. The van der Waals surface area contributed by atoms with Gasteiger partial charge in [0.1, 0.15) is 5.69 Å². The van der Waals surface area contributed by atoms with E-state index in [0.717, 1.165) is 6.07 Å². The van der Waals surface area contributed by atoms with Crippen LogP contribution in [0.5, 0.6) is 0 Å². The van der Waals surface area contributed by atoms with Crippen molar-refractivity contribution in [1.29, 1.82) is 0 Å². The number of aryl methyl sites for hydroxylation is 1. The first kappa shape index (κ1) is 18.3. The van der Waals surface area contributed by atoms with Crippen LogP contribution in [0, 0.1) is 20.2 Å². The topological polar surface area (TPSA) is 98.3 Å². The molecule has 0 heterocycles. The summed E-state index contributed by atoms with van der Waals surface area (Å²) >= 11 is 18.0. The van der Waals surface area contributed by atoms with Gasteiger partial charge in [-0.2, -0.15) is 0 Å². The Labute approximate surface area is 151 Å². The Kier molecular flexibility index (Phi) is 5.48. The number of benzene rings is 2. The average molecular weight is 391 g/mol. The second-order valence-electron chi connectivity index (χ2n) is 4.74. The molecule has 2 rings (SSSR count). The SMILES string of the molecule is CCc1cc([N+](=O)[O-])cc([N+](=O)[O-])c1Nc1c(Cl)cc(Cl)cc1Cl. The maximum atomic E-state index is 11.3. The molecular weight excluding hydrogens is 381 g/mol. The Balaban J connectivity index is 2.65. The Morgan fingerprint density at radius 3 is 2.00 bits per heavy atom. The highest BCUT2D eigenvalue weighted by Gasteiger charge is 2.24. The minimum absolute atomic E-state index is 0.0965. The molecule has 2 aromatic rings. The third-order valence-electron chi connectivity index (χ3n) is 3.23. The lowest BCUT2D eigenvalue weighted by atomic mass is 10.1. The molecular formula is C14H10Cl3N3O4. The number of nitrogens with one attached hydrogen (secondary N) is 1. The number of rotatable bonds is 5. The van der Waals surface area contributed by atoms with Gasteiger partial charge in [0.05, 0.1) is 31.6 Å². The van der Waals surface area contributed by atoms with E-state index in [-0.39, 0.29) is 27.1 Å². The third-order valence-corrected chi connectivity index (χ3v) is 4.04. The van der Waals surface area contributed by atoms with E-state index in [1.807, 2.05) is 0 Å². The van der Waals surface area contributed by atoms with Crippen LogP contribution < -0.4 is 5.32 Å². The zero-order valence-electron chi connectivity index (χ0n) is 12.2. The van der Waals surface area contributed by atoms with Crippen molar-refractivity contribution in [1.82, 2.24) is 0 Å². The quantitative estimate of drug-likeness (QED) is 0.516. The number of nitrogens with zero attached hydrogens (tertiary/aromatic N) is 2. The minimum atomic E-state index is -0.702. The molecule has 0 aliphatic rings. The molecule has 0 aliphatic carbocycles. The molecule has 0 unspecified atom stereocenters. The van der Waals surface area contributed by atoms with E-state index in [4.69, 9.17) is 34.8 Å². The number of hydrogen-bond donors (Lipinski definition) is 1. The van der Waals surface area contributed by atoms with Crippen LogP contribution in [0.1, 0.15) is 12.5 Å². The first-order chi connectivity index (χ1) is 11.2. The molecule has 7 nitrogen and oxygen atoms in total. The summed E-state index contributed by atoms with van der Waals surface area (Å²) in [6.07, 6.45) is 0.327. The fraction of sp³-hybridized carbons (Fsp3) is 0.143. The standard InChI is InChI=1S/C14H10Cl3N3O4/c1-2-7-3-9(19(21)22)6-12(20(23)24)13(7)18-14-10(16)4-8(15)5-11(14)17/h3-6,18H,2H2,1H3. The summed E-state index contributed by atoms with van der Waals surface area (Å²) < 4.78 is 0. The molecule has 0 bridgehead atoms. The van der Waals surface area contributed by atoms with Crippen molar-refractivity contribution >= 4 is 57.6 Å². The molecule has 0 atom stereocenters. The monoisotopic (exact) mass is 389 g/mol. The molecule has 0 aromatic heterocycles. The van der Waals surface area contributed by atoms with Gasteiger partial charge in [0.15, 0.2) is 0 Å². The van der Waals surface area contributed by atoms with Gasteiger partial charge in [-0.3, -0.25) is 20.2 Å². The third kappa shape index (κ3) is 3.69. The average Bonchev–Trinajstić information content (AvgIpc) is 2.49. The van der Waals surface area contributed by atoms with E-state index in [0.29, 0.717) is 17.0 Å². The molecule has 1 N–H and O–H groups in total. The van der Waals surface area contributed by atoms with Crippen molar-refractivity contribution in [2.75, 3.05) is 5.32 Å². The number of nitro groups is 2. The van der Waals surface area contributed by atoms with Crippen LogP contribution in [0.3, 0.4) is 0 Å². The van der Waals surface area contributed by atoms with Crippen LogP contribution in [-0.2, 0) is 6.42 Å². The van der Waals surface area contributed by atoms with Gasteiger partial charge in [0.25, 0.3) is 11.4 Å². The number of halogens is 3. The van der Waals surface area contributed by atoms with E-state index in [1.54, 1.807) is 6.92 Å². The Morgan fingerprint density at radius 1 is 0.958 bits per heavy atom. The van der Waals surface area contributed by atoms with E-state index in [2.05, 4.69) is 5.32 Å². The highest BCUT2D eigenvalue weighted by Crippen LogP contribution is 2.41. The summed E-state index contributed by atoms with van der Waals surface area (Å²) in [7, 11) is 0. The molecule has 0 saturated heterocycles. The van der Waals surface area contributed by atoms with Crippen molar-refractivity contribution in [2.24, 2.45) is 0 Å². The normalized spacial score (nSPS) is 10.5. The second kappa shape index (κ2) is 7.21. The molecule has 0 spiro atoms. The van der Waals surface area contributed by atoms with E-state index in [9.17, 15) is 20.2 Å². The molecule has 0 fully saturated rings. The summed E-state index contributed by atoms with van der Waals surface area (Å²) in [5.41, 5.74) is -0.0906. The summed E-state index contributed by atoms with van der Waals surface area (Å²) in [6, 6.07) is 5.02. The zero-order chi connectivity index (χ0) is 18.0. The molecule has 2 aromatic carbocycles. The van der Waals surface area contributed by atoms with Crippen LogP contribution >= 0.6 is 34.8 Å². The zero-order valence-corrected chi connectivity index (χ0v) is 14.4. The van der Waals surface area contributed by atoms with Crippen molar-refractivity contribution in [3.8, 4) is 0 Å². The fourth-order valence-corrected chi connectivity index (χ4v) is 3.04. The van der Waals surface area contributed by atoms with Gasteiger partial charge in [0.2, 0.25) is 0 Å². The largest absolute Gasteiger partial charge is 0.347 e. The van der Waals surface area contributed by atoms with Crippen LogP contribution in [0.4, 0.5) is 22.7 Å². The van der Waals surface area contributed by atoms with Gasteiger partial charge in [-0.15, -0.1) is 0 Å². The molecule has 0 aliphatic heterocycles. The lowest BCUT2D eigenvalue weighted by Gasteiger charge is -2.14. The Hall–Kier alpha value is -2.09. The van der Waals surface area contributed by atoms with Crippen LogP contribution in [0.25, 0.3) is 0 Å². The maximum Gasteiger partial charge on any atom is 0.299 e. The van der Waals surface area contributed by atoms with Gasteiger partial charge in [-0.05, 0) is 24.1 Å². The van der Waals surface area contributed by atoms with Gasteiger partial charge in [-0.25, -0.2) is 0 Å². The van der Waals surface area contributed by atoms with E-state index < -0.39 is 15.5 Å². The molecule has 0 amide bonds. The maximum absolute atomic E-state index is 11.3. The first-order valence-electron chi connectivity index (χ1n) is 6.61. The Morgan fingerprint density at radius 2 is 1.54 bits per heavy atom. The smallest absolute Gasteiger partial charge is 0.299 e. The van der Waals surface area contributed by atoms with Crippen molar-refractivity contribution in [2.45, 2.75) is 13.3 Å². The predicted molar refractivity (Wildman–Crippen MR) is 93.9 cm³/mol. The first-order valence-corrected chi connectivity index (χ1v) is 7.75. The number of anilines is 2. The van der Waals surface area contributed by atoms with Crippen LogP contribution in [0.15, 0.2) is 24.3 Å². The number of non-ortho nitro benzene ring substituents is 1. The summed E-state index contributed by atoms with van der Waals surface area (Å²) in [5, 5.41) is 25.8. The Bertz CT molecular complexity index is 819. The van der Waals surface area contributed by atoms with Gasteiger partial charge in [0, 0.05) is 11.1 Å². The summed E-state index contributed by atoms with van der Waals surface area (Å²) in [5.74, 6) is 0. The summed E-state index contributed by atoms with van der Waals surface area (Å²) in [4.78, 5) is 20.9. The van der Waals surface area contributed by atoms with E-state index in [1.165, 1.54) is 18.2 Å². The van der Waals surface area contributed by atoms with Crippen molar-refractivity contribution in [3.05, 3.63) is 65.1 Å². The summed E-state index contributed by atoms with van der Waals surface area (Å²) in [6.45, 7) is 1.72. The minimum Gasteiger partial charge on any atom is -0.347 e. The molecule has 24 heavy (non-hydrogen) atoms. The van der Waals surface area contributed by atoms with Crippen molar-refractivity contribution in [3.63, 3.8) is 0 Å². The molecule has 126 valence electrons. The van der Waals surface area contributed by atoms with Gasteiger partial charge >= 0.3 is 0 Å². The highest BCUT2D eigenvalue weighted by molar-refractivity contribution is 6.41. The molecule has 0 radical (unpaired) electrons. The second-order valence-corrected chi connectivity index (χ2v) is 5.99. The predicted octanol–water partition coefficient (Wildman–Crippen LogP) is 5.77. The van der Waals surface area contributed by atoms with E-state index >= 15 is 0 Å².